The third-order valence-corrected chi connectivity index (χ3v) is 5.44. The highest BCUT2D eigenvalue weighted by atomic mass is 16.5. The van der Waals surface area contributed by atoms with Crippen molar-refractivity contribution in [1.29, 1.82) is 0 Å². The first-order chi connectivity index (χ1) is 13.1. The van der Waals surface area contributed by atoms with Gasteiger partial charge in [-0.05, 0) is 61.1 Å². The first-order valence-corrected chi connectivity index (χ1v) is 9.30. The fraction of sp³-hybridized carbons (Fsp3) is 0.409. The number of carbonyl (C=O) groups is 1. The smallest absolute Gasteiger partial charge is 0.203 e. The number of rotatable bonds is 4. The zero-order valence-electron chi connectivity index (χ0n) is 16.0. The molecule has 0 fully saturated rings. The molecule has 2 aromatic rings. The Bertz CT molecular complexity index is 862. The molecule has 1 aliphatic heterocycles. The highest BCUT2D eigenvalue weighted by molar-refractivity contribution is 6.00. The third-order valence-electron chi connectivity index (χ3n) is 5.44. The quantitative estimate of drug-likeness (QED) is 0.805. The maximum atomic E-state index is 12.8. The van der Waals surface area contributed by atoms with E-state index in [0.29, 0.717) is 35.0 Å². The van der Waals surface area contributed by atoms with Gasteiger partial charge in [-0.3, -0.25) is 4.79 Å². The zero-order valence-corrected chi connectivity index (χ0v) is 16.0. The largest absolute Gasteiger partial charge is 0.493 e. The van der Waals surface area contributed by atoms with Gasteiger partial charge in [-0.15, -0.1) is 0 Å². The normalized spacial score (nSPS) is 18.2. The van der Waals surface area contributed by atoms with Gasteiger partial charge in [0.05, 0.1) is 33.3 Å². The van der Waals surface area contributed by atoms with Crippen LogP contribution in [0.5, 0.6) is 23.0 Å². The molecule has 5 nitrogen and oxygen atoms in total. The second-order valence-electron chi connectivity index (χ2n) is 7.02. The molecule has 0 bridgehead atoms. The van der Waals surface area contributed by atoms with Gasteiger partial charge in [0.25, 0.3) is 0 Å². The van der Waals surface area contributed by atoms with Crippen LogP contribution < -0.4 is 18.9 Å². The summed E-state index contributed by atoms with van der Waals surface area (Å²) in [5.41, 5.74) is 4.14. The van der Waals surface area contributed by atoms with Crippen LogP contribution in [0.1, 0.15) is 52.4 Å². The number of methoxy groups -OCH3 is 3. The van der Waals surface area contributed by atoms with Crippen LogP contribution in [0, 0.1) is 0 Å². The van der Waals surface area contributed by atoms with Crippen LogP contribution in [0.3, 0.4) is 0 Å². The van der Waals surface area contributed by atoms with E-state index in [1.54, 1.807) is 21.3 Å². The number of Topliss-reactive ketones (excluding diaryl/α,β-unsaturated/α-hetero) is 1. The fourth-order valence-corrected chi connectivity index (χ4v) is 4.02. The molecular weight excluding hydrogens is 344 g/mol. The van der Waals surface area contributed by atoms with E-state index in [1.165, 1.54) is 24.0 Å². The van der Waals surface area contributed by atoms with Crippen molar-refractivity contribution in [2.45, 2.75) is 38.2 Å². The third kappa shape index (κ3) is 3.11. The van der Waals surface area contributed by atoms with Crippen LogP contribution >= 0.6 is 0 Å². The van der Waals surface area contributed by atoms with E-state index in [0.717, 1.165) is 18.4 Å². The Kier molecular flexibility index (Phi) is 4.68. The minimum Gasteiger partial charge on any atom is -0.493 e. The predicted octanol–water partition coefficient (Wildman–Crippen LogP) is 4.30. The van der Waals surface area contributed by atoms with Gasteiger partial charge in [-0.2, -0.15) is 0 Å². The average Bonchev–Trinajstić information content (AvgIpc) is 2.71. The maximum Gasteiger partial charge on any atom is 0.203 e. The predicted molar refractivity (Wildman–Crippen MR) is 101 cm³/mol. The van der Waals surface area contributed by atoms with E-state index < -0.39 is 0 Å². The Morgan fingerprint density at radius 2 is 1.52 bits per heavy atom. The van der Waals surface area contributed by atoms with Crippen LogP contribution in [0.25, 0.3) is 0 Å². The molecule has 2 aliphatic rings. The van der Waals surface area contributed by atoms with Gasteiger partial charge in [0.2, 0.25) is 5.75 Å². The number of fused-ring (bicyclic) bond motifs is 2. The zero-order chi connectivity index (χ0) is 19.0. The molecule has 0 amide bonds. The summed E-state index contributed by atoms with van der Waals surface area (Å²) in [6.07, 6.45) is 4.40. The molecule has 1 aliphatic carbocycles. The van der Waals surface area contributed by atoms with E-state index in [9.17, 15) is 4.79 Å². The second kappa shape index (κ2) is 7.14. The molecule has 5 heteroatoms. The van der Waals surface area contributed by atoms with E-state index in [1.807, 2.05) is 18.2 Å². The molecule has 0 spiro atoms. The van der Waals surface area contributed by atoms with Gasteiger partial charge in [-0.1, -0.05) is 0 Å². The van der Waals surface area contributed by atoms with Crippen molar-refractivity contribution in [3.8, 4) is 23.0 Å². The maximum absolute atomic E-state index is 12.8. The summed E-state index contributed by atoms with van der Waals surface area (Å²) in [6, 6.07) is 7.80. The van der Waals surface area contributed by atoms with E-state index in [-0.39, 0.29) is 11.9 Å². The molecule has 0 aromatic heterocycles. The summed E-state index contributed by atoms with van der Waals surface area (Å²) in [4.78, 5) is 12.8. The van der Waals surface area contributed by atoms with Crippen LogP contribution in [-0.2, 0) is 12.8 Å². The van der Waals surface area contributed by atoms with Crippen LogP contribution in [-0.4, -0.2) is 27.1 Å². The van der Waals surface area contributed by atoms with Crippen LogP contribution in [0.2, 0.25) is 0 Å². The van der Waals surface area contributed by atoms with Gasteiger partial charge in [-0.25, -0.2) is 0 Å². The van der Waals surface area contributed by atoms with Gasteiger partial charge in [0.1, 0.15) is 11.9 Å². The number of hydrogen-bond acceptors (Lipinski definition) is 5. The standard InChI is InChI=1S/C22H24O5/c1-24-20-10-15(11-21(25-2)22(20)26-3)18-12-17(23)16-8-13-6-4-5-7-14(13)9-19(16)27-18/h8-11,18H,4-7,12H2,1-3H3. The summed E-state index contributed by atoms with van der Waals surface area (Å²) in [5.74, 6) is 2.44. The van der Waals surface area contributed by atoms with Crippen molar-refractivity contribution in [3.05, 3.63) is 46.5 Å². The molecule has 2 aromatic carbocycles. The molecular formula is C22H24O5. The topological polar surface area (TPSA) is 54.0 Å². The minimum absolute atomic E-state index is 0.114. The first-order valence-electron chi connectivity index (χ1n) is 9.30. The van der Waals surface area contributed by atoms with Gasteiger partial charge in [0, 0.05) is 5.56 Å². The number of benzene rings is 2. The molecule has 1 unspecified atom stereocenters. The van der Waals surface area contributed by atoms with Crippen molar-refractivity contribution >= 4 is 5.78 Å². The molecule has 142 valence electrons. The molecule has 0 N–H and O–H groups in total. The molecule has 4 rings (SSSR count). The lowest BCUT2D eigenvalue weighted by Gasteiger charge is -2.28. The number of ether oxygens (including phenoxy) is 4. The van der Waals surface area contributed by atoms with Crippen molar-refractivity contribution in [1.82, 2.24) is 0 Å². The summed E-state index contributed by atoms with van der Waals surface area (Å²) in [6.45, 7) is 0. The Balaban J connectivity index is 1.72. The average molecular weight is 368 g/mol. The van der Waals surface area contributed by atoms with Crippen LogP contribution in [0.15, 0.2) is 24.3 Å². The fourth-order valence-electron chi connectivity index (χ4n) is 4.02. The second-order valence-corrected chi connectivity index (χ2v) is 7.02. The van der Waals surface area contributed by atoms with Crippen molar-refractivity contribution < 1.29 is 23.7 Å². The molecule has 1 atom stereocenters. The Morgan fingerprint density at radius 1 is 0.889 bits per heavy atom. The lowest BCUT2D eigenvalue weighted by molar-refractivity contribution is 0.0848. The molecule has 0 saturated heterocycles. The number of hydrogen-bond donors (Lipinski definition) is 0. The highest BCUT2D eigenvalue weighted by Gasteiger charge is 2.30. The lowest BCUT2D eigenvalue weighted by Crippen LogP contribution is -2.21. The summed E-state index contributed by atoms with van der Waals surface area (Å²) in [5, 5.41) is 0. The Labute approximate surface area is 159 Å². The van der Waals surface area contributed by atoms with Gasteiger partial charge >= 0.3 is 0 Å². The molecule has 1 heterocycles. The van der Waals surface area contributed by atoms with Gasteiger partial charge < -0.3 is 18.9 Å². The molecule has 0 radical (unpaired) electrons. The van der Waals surface area contributed by atoms with Gasteiger partial charge in [0.15, 0.2) is 17.3 Å². The monoisotopic (exact) mass is 368 g/mol. The van der Waals surface area contributed by atoms with Crippen molar-refractivity contribution in [2.75, 3.05) is 21.3 Å². The summed E-state index contributed by atoms with van der Waals surface area (Å²) in [7, 11) is 4.73. The number of ketones is 1. The first kappa shape index (κ1) is 17.7. The number of carbonyl (C=O) groups excluding carboxylic acids is 1. The molecule has 27 heavy (non-hydrogen) atoms. The molecule has 0 saturated carbocycles. The summed E-state index contributed by atoms with van der Waals surface area (Å²) < 4.78 is 22.5. The number of aryl methyl sites for hydroxylation is 2. The SMILES string of the molecule is COc1cc(C2CC(=O)c3cc4c(cc3O2)CCCC4)cc(OC)c1OC. The lowest BCUT2D eigenvalue weighted by atomic mass is 9.87. The van der Waals surface area contributed by atoms with Crippen molar-refractivity contribution in [3.63, 3.8) is 0 Å². The minimum atomic E-state index is -0.375. The Hall–Kier alpha value is -2.69. The Morgan fingerprint density at radius 3 is 2.11 bits per heavy atom. The van der Waals surface area contributed by atoms with Crippen LogP contribution in [0.4, 0.5) is 0 Å². The van der Waals surface area contributed by atoms with E-state index >= 15 is 0 Å². The van der Waals surface area contributed by atoms with E-state index in [2.05, 4.69) is 6.07 Å². The van der Waals surface area contributed by atoms with E-state index in [4.69, 9.17) is 18.9 Å². The highest BCUT2D eigenvalue weighted by Crippen LogP contribution is 2.43. The summed E-state index contributed by atoms with van der Waals surface area (Å²) >= 11 is 0. The van der Waals surface area contributed by atoms with Crippen molar-refractivity contribution in [2.24, 2.45) is 0 Å².